The normalized spacial score (nSPS) is 20.7. The van der Waals surface area contributed by atoms with Crippen molar-refractivity contribution < 1.29 is 24.2 Å². The van der Waals surface area contributed by atoms with Gasteiger partial charge in [0.05, 0.1) is 5.56 Å². The average molecular weight is 406 g/mol. The van der Waals surface area contributed by atoms with Gasteiger partial charge in [-0.1, -0.05) is 12.1 Å². The quantitative estimate of drug-likeness (QED) is 0.756. The number of esters is 1. The Labute approximate surface area is 174 Å². The molecule has 2 atom stereocenters. The van der Waals surface area contributed by atoms with Gasteiger partial charge < -0.3 is 19.5 Å². The van der Waals surface area contributed by atoms with Crippen LogP contribution in [0.15, 0.2) is 24.3 Å². The van der Waals surface area contributed by atoms with Gasteiger partial charge in [0, 0.05) is 25.6 Å². The lowest BCUT2D eigenvalue weighted by molar-refractivity contribution is 0.00689. The first-order valence-electron chi connectivity index (χ1n) is 10.3. The standard InChI is InChI=1S/C23H35NO5/c1-22(2,3)28-20(26)17-11-9-16(10-12-17)19-14-24(13-7-8-18(19)15-25)21(27)29-23(4,5)6/h9-12,18-19,25H,7-8,13-15H2,1-6H3/t18-,19-/m0/s1. The maximum atomic E-state index is 12.6. The SMILES string of the molecule is CC(C)(C)OC(=O)c1ccc([C@@H]2CN(C(=O)OC(C)(C)C)CCC[C@H]2CO)cc1. The summed E-state index contributed by atoms with van der Waals surface area (Å²) in [5, 5.41) is 9.92. The summed E-state index contributed by atoms with van der Waals surface area (Å²) in [4.78, 5) is 26.6. The van der Waals surface area contributed by atoms with E-state index >= 15 is 0 Å². The zero-order chi connectivity index (χ0) is 21.8. The summed E-state index contributed by atoms with van der Waals surface area (Å²) in [6, 6.07) is 7.29. The van der Waals surface area contributed by atoms with Gasteiger partial charge in [0.15, 0.2) is 0 Å². The number of carbonyl (C=O) groups excluding carboxylic acids is 2. The van der Waals surface area contributed by atoms with E-state index in [4.69, 9.17) is 9.47 Å². The maximum Gasteiger partial charge on any atom is 0.410 e. The van der Waals surface area contributed by atoms with Crippen molar-refractivity contribution in [3.05, 3.63) is 35.4 Å². The molecule has 1 fully saturated rings. The molecule has 1 aromatic rings. The predicted octanol–water partition coefficient (Wildman–Crippen LogP) is 4.36. The molecule has 0 saturated carbocycles. The van der Waals surface area contributed by atoms with Crippen LogP contribution >= 0.6 is 0 Å². The molecule has 1 aliphatic rings. The smallest absolute Gasteiger partial charge is 0.410 e. The average Bonchev–Trinajstić information content (AvgIpc) is 2.81. The van der Waals surface area contributed by atoms with Gasteiger partial charge in [0.2, 0.25) is 0 Å². The molecule has 29 heavy (non-hydrogen) atoms. The van der Waals surface area contributed by atoms with Crippen LogP contribution in [-0.2, 0) is 9.47 Å². The third-order valence-corrected chi connectivity index (χ3v) is 4.85. The Balaban J connectivity index is 2.19. The van der Waals surface area contributed by atoms with Gasteiger partial charge in [0.1, 0.15) is 11.2 Å². The highest BCUT2D eigenvalue weighted by Gasteiger charge is 2.32. The third kappa shape index (κ3) is 7.03. The fourth-order valence-corrected chi connectivity index (χ4v) is 3.52. The summed E-state index contributed by atoms with van der Waals surface area (Å²) < 4.78 is 11.0. The summed E-state index contributed by atoms with van der Waals surface area (Å²) >= 11 is 0. The fourth-order valence-electron chi connectivity index (χ4n) is 3.52. The Morgan fingerprint density at radius 3 is 2.14 bits per heavy atom. The van der Waals surface area contributed by atoms with E-state index in [0.717, 1.165) is 18.4 Å². The second kappa shape index (κ2) is 9.16. The molecule has 162 valence electrons. The molecule has 2 rings (SSSR count). The van der Waals surface area contributed by atoms with Gasteiger partial charge in [0.25, 0.3) is 0 Å². The molecule has 6 nitrogen and oxygen atoms in total. The van der Waals surface area contributed by atoms with Crippen molar-refractivity contribution in [2.75, 3.05) is 19.7 Å². The second-order valence-electron chi connectivity index (χ2n) is 9.74. The van der Waals surface area contributed by atoms with Crippen LogP contribution in [0.4, 0.5) is 4.79 Å². The minimum atomic E-state index is -0.551. The number of hydrogen-bond donors (Lipinski definition) is 1. The highest BCUT2D eigenvalue weighted by molar-refractivity contribution is 5.89. The highest BCUT2D eigenvalue weighted by atomic mass is 16.6. The van der Waals surface area contributed by atoms with Crippen molar-refractivity contribution >= 4 is 12.1 Å². The maximum absolute atomic E-state index is 12.6. The molecule has 1 saturated heterocycles. The van der Waals surface area contributed by atoms with E-state index < -0.39 is 11.2 Å². The number of likely N-dealkylation sites (tertiary alicyclic amines) is 1. The van der Waals surface area contributed by atoms with Crippen LogP contribution in [0.1, 0.15) is 76.2 Å². The first-order valence-corrected chi connectivity index (χ1v) is 10.3. The van der Waals surface area contributed by atoms with Crippen LogP contribution < -0.4 is 0 Å². The number of ether oxygens (including phenoxy) is 2. The zero-order valence-corrected chi connectivity index (χ0v) is 18.5. The van der Waals surface area contributed by atoms with Gasteiger partial charge in [-0.15, -0.1) is 0 Å². The number of hydrogen-bond acceptors (Lipinski definition) is 5. The predicted molar refractivity (Wildman–Crippen MR) is 112 cm³/mol. The summed E-state index contributed by atoms with van der Waals surface area (Å²) in [7, 11) is 0. The Kier molecular flexibility index (Phi) is 7.33. The van der Waals surface area contributed by atoms with Crippen LogP contribution in [0.3, 0.4) is 0 Å². The second-order valence-corrected chi connectivity index (χ2v) is 9.74. The molecular weight excluding hydrogens is 370 g/mol. The Bertz CT molecular complexity index is 699. The third-order valence-electron chi connectivity index (χ3n) is 4.85. The lowest BCUT2D eigenvalue weighted by atomic mass is 9.84. The van der Waals surface area contributed by atoms with Gasteiger partial charge in [-0.2, -0.15) is 0 Å². The van der Waals surface area contributed by atoms with Crippen molar-refractivity contribution in [3.63, 3.8) is 0 Å². The zero-order valence-electron chi connectivity index (χ0n) is 18.5. The number of nitrogens with zero attached hydrogens (tertiary/aromatic N) is 1. The molecule has 0 spiro atoms. The summed E-state index contributed by atoms with van der Waals surface area (Å²) in [6.45, 7) is 12.2. The number of rotatable bonds is 3. The highest BCUT2D eigenvalue weighted by Crippen LogP contribution is 2.33. The van der Waals surface area contributed by atoms with E-state index in [1.54, 1.807) is 17.0 Å². The minimum absolute atomic E-state index is 0.0253. The van der Waals surface area contributed by atoms with Crippen LogP contribution in [0.2, 0.25) is 0 Å². The number of carbonyl (C=O) groups is 2. The van der Waals surface area contributed by atoms with E-state index in [1.165, 1.54) is 0 Å². The van der Waals surface area contributed by atoms with Crippen LogP contribution in [-0.4, -0.2) is 53.0 Å². The van der Waals surface area contributed by atoms with Gasteiger partial charge in [-0.25, -0.2) is 9.59 Å². The first kappa shape index (κ1) is 23.2. The molecule has 6 heteroatoms. The van der Waals surface area contributed by atoms with Gasteiger partial charge in [-0.05, 0) is 78.0 Å². The molecule has 0 aliphatic carbocycles. The number of benzene rings is 1. The van der Waals surface area contributed by atoms with E-state index in [2.05, 4.69) is 0 Å². The summed E-state index contributed by atoms with van der Waals surface area (Å²) in [5.74, 6) is -0.337. The number of amides is 1. The van der Waals surface area contributed by atoms with Crippen molar-refractivity contribution in [1.82, 2.24) is 4.90 Å². The molecular formula is C23H35NO5. The van der Waals surface area contributed by atoms with Gasteiger partial charge >= 0.3 is 12.1 Å². The molecule has 0 aromatic heterocycles. The van der Waals surface area contributed by atoms with E-state index in [-0.39, 0.29) is 30.5 Å². The molecule has 1 heterocycles. The molecule has 0 radical (unpaired) electrons. The minimum Gasteiger partial charge on any atom is -0.456 e. The van der Waals surface area contributed by atoms with Crippen molar-refractivity contribution in [2.45, 2.75) is 71.5 Å². The Morgan fingerprint density at radius 1 is 1.03 bits per heavy atom. The fraction of sp³-hybridized carbons (Fsp3) is 0.652. The first-order chi connectivity index (χ1) is 13.4. The molecule has 1 aromatic carbocycles. The lowest BCUT2D eigenvalue weighted by Crippen LogP contribution is -2.39. The summed E-state index contributed by atoms with van der Waals surface area (Å²) in [5.41, 5.74) is 0.380. The number of aliphatic hydroxyl groups excluding tert-OH is 1. The van der Waals surface area contributed by atoms with Gasteiger partial charge in [-0.3, -0.25) is 0 Å². The number of aliphatic hydroxyl groups is 1. The Hall–Kier alpha value is -2.08. The van der Waals surface area contributed by atoms with Crippen LogP contribution in [0.25, 0.3) is 0 Å². The molecule has 0 unspecified atom stereocenters. The van der Waals surface area contributed by atoms with Crippen molar-refractivity contribution in [1.29, 1.82) is 0 Å². The topological polar surface area (TPSA) is 76.1 Å². The lowest BCUT2D eigenvalue weighted by Gasteiger charge is -2.30. The van der Waals surface area contributed by atoms with Crippen LogP contribution in [0, 0.1) is 5.92 Å². The Morgan fingerprint density at radius 2 is 1.62 bits per heavy atom. The molecule has 1 N–H and O–H groups in total. The van der Waals surface area contributed by atoms with E-state index in [0.29, 0.717) is 18.7 Å². The summed E-state index contributed by atoms with van der Waals surface area (Å²) in [6.07, 6.45) is 1.32. The van der Waals surface area contributed by atoms with Crippen LogP contribution in [0.5, 0.6) is 0 Å². The molecule has 1 amide bonds. The largest absolute Gasteiger partial charge is 0.456 e. The van der Waals surface area contributed by atoms with E-state index in [9.17, 15) is 14.7 Å². The van der Waals surface area contributed by atoms with Crippen molar-refractivity contribution in [2.24, 2.45) is 5.92 Å². The molecule has 0 bridgehead atoms. The van der Waals surface area contributed by atoms with E-state index in [1.807, 2.05) is 53.7 Å². The van der Waals surface area contributed by atoms with Crippen molar-refractivity contribution in [3.8, 4) is 0 Å². The molecule has 1 aliphatic heterocycles. The monoisotopic (exact) mass is 405 g/mol.